The second-order valence-electron chi connectivity index (χ2n) is 5.83. The van der Waals surface area contributed by atoms with Gasteiger partial charge in [0.05, 0.1) is 6.61 Å². The van der Waals surface area contributed by atoms with E-state index in [9.17, 15) is 4.79 Å². The fourth-order valence-electron chi connectivity index (χ4n) is 2.89. The van der Waals surface area contributed by atoms with Crippen LogP contribution in [0, 0.1) is 5.92 Å². The van der Waals surface area contributed by atoms with E-state index in [0.29, 0.717) is 25.5 Å². The second kappa shape index (κ2) is 7.09. The summed E-state index contributed by atoms with van der Waals surface area (Å²) in [6.45, 7) is 2.58. The Kier molecular flexibility index (Phi) is 4.92. The van der Waals surface area contributed by atoms with Crippen molar-refractivity contribution in [1.29, 1.82) is 0 Å². The van der Waals surface area contributed by atoms with Gasteiger partial charge in [0, 0.05) is 19.6 Å². The number of hydroxylamine groups is 2. The number of amides is 1. The molecule has 3 unspecified atom stereocenters. The van der Waals surface area contributed by atoms with Gasteiger partial charge >= 0.3 is 0 Å². The Bertz CT molecular complexity index is 490. The molecule has 0 radical (unpaired) electrons. The molecule has 3 atom stereocenters. The van der Waals surface area contributed by atoms with E-state index < -0.39 is 0 Å². The lowest BCUT2D eigenvalue weighted by molar-refractivity contribution is -0.178. The van der Waals surface area contributed by atoms with Gasteiger partial charge in [0.25, 0.3) is 0 Å². The van der Waals surface area contributed by atoms with Gasteiger partial charge in [-0.3, -0.25) is 9.63 Å². The Balaban J connectivity index is 1.54. The predicted octanol–water partition coefficient (Wildman–Crippen LogP) is 0.962. The number of benzene rings is 1. The second-order valence-corrected chi connectivity index (χ2v) is 5.83. The molecule has 2 aliphatic rings. The van der Waals surface area contributed by atoms with Crippen LogP contribution < -0.4 is 10.5 Å². The topological polar surface area (TPSA) is 74.0 Å². The first-order chi connectivity index (χ1) is 10.7. The zero-order chi connectivity index (χ0) is 15.4. The van der Waals surface area contributed by atoms with Gasteiger partial charge in [-0.15, -0.1) is 0 Å². The van der Waals surface area contributed by atoms with Crippen LogP contribution in [-0.4, -0.2) is 49.5 Å². The Labute approximate surface area is 130 Å². The molecular formula is C16H22N2O4. The van der Waals surface area contributed by atoms with Gasteiger partial charge < -0.3 is 15.2 Å². The molecule has 1 aromatic carbocycles. The standard InChI is InChI=1S/C16H22N2O4/c17-16(19)15-8-14(11-21-13-4-2-1-3-5-13)22-18(15)9-12-6-7-20-10-12/h1-5,12,14-15H,6-11H2,(H2,17,19). The van der Waals surface area contributed by atoms with Gasteiger partial charge in [0.2, 0.25) is 5.91 Å². The summed E-state index contributed by atoms with van der Waals surface area (Å²) in [6, 6.07) is 9.19. The quantitative estimate of drug-likeness (QED) is 0.847. The zero-order valence-corrected chi connectivity index (χ0v) is 12.5. The number of hydrogen-bond acceptors (Lipinski definition) is 5. The number of ether oxygens (including phenoxy) is 2. The van der Waals surface area contributed by atoms with Gasteiger partial charge in [-0.2, -0.15) is 5.06 Å². The third-order valence-corrected chi connectivity index (χ3v) is 4.09. The molecule has 6 nitrogen and oxygen atoms in total. The van der Waals surface area contributed by atoms with Gasteiger partial charge in [-0.05, 0) is 24.5 Å². The van der Waals surface area contributed by atoms with E-state index in [1.807, 2.05) is 30.3 Å². The smallest absolute Gasteiger partial charge is 0.237 e. The van der Waals surface area contributed by atoms with Crippen molar-refractivity contribution in [1.82, 2.24) is 5.06 Å². The SMILES string of the molecule is NC(=O)C1CC(COc2ccccc2)ON1CC1CCOC1. The van der Waals surface area contributed by atoms with Crippen LogP contribution in [0.5, 0.6) is 5.75 Å². The number of para-hydroxylation sites is 1. The Morgan fingerprint density at radius 2 is 2.18 bits per heavy atom. The summed E-state index contributed by atoms with van der Waals surface area (Å²) >= 11 is 0. The normalized spacial score (nSPS) is 28.8. The molecule has 0 bridgehead atoms. The van der Waals surface area contributed by atoms with Gasteiger partial charge in [0.15, 0.2) is 0 Å². The van der Waals surface area contributed by atoms with Crippen molar-refractivity contribution < 1.29 is 19.1 Å². The van der Waals surface area contributed by atoms with Crippen molar-refractivity contribution in [2.45, 2.75) is 25.0 Å². The van der Waals surface area contributed by atoms with Crippen LogP contribution in [-0.2, 0) is 14.4 Å². The molecule has 6 heteroatoms. The lowest BCUT2D eigenvalue weighted by Gasteiger charge is -2.23. The summed E-state index contributed by atoms with van der Waals surface area (Å²) in [5.41, 5.74) is 5.50. The first kappa shape index (κ1) is 15.3. The van der Waals surface area contributed by atoms with Gasteiger partial charge in [0.1, 0.15) is 24.5 Å². The number of hydrogen-bond donors (Lipinski definition) is 1. The average Bonchev–Trinajstić information content (AvgIpc) is 3.16. The highest BCUT2D eigenvalue weighted by molar-refractivity contribution is 5.80. The maximum atomic E-state index is 11.6. The van der Waals surface area contributed by atoms with Gasteiger partial charge in [-0.25, -0.2) is 0 Å². The van der Waals surface area contributed by atoms with E-state index in [4.69, 9.17) is 20.0 Å². The molecule has 2 fully saturated rings. The van der Waals surface area contributed by atoms with Gasteiger partial charge in [-0.1, -0.05) is 18.2 Å². The summed E-state index contributed by atoms with van der Waals surface area (Å²) in [4.78, 5) is 17.5. The third-order valence-electron chi connectivity index (χ3n) is 4.09. The van der Waals surface area contributed by atoms with E-state index in [1.165, 1.54) is 0 Å². The molecule has 0 spiro atoms. The highest BCUT2D eigenvalue weighted by Crippen LogP contribution is 2.25. The lowest BCUT2D eigenvalue weighted by atomic mass is 10.1. The maximum Gasteiger partial charge on any atom is 0.237 e. The van der Waals surface area contributed by atoms with Crippen molar-refractivity contribution in [3.63, 3.8) is 0 Å². The molecule has 22 heavy (non-hydrogen) atoms. The Morgan fingerprint density at radius 3 is 2.86 bits per heavy atom. The Morgan fingerprint density at radius 1 is 1.36 bits per heavy atom. The molecule has 0 aliphatic carbocycles. The van der Waals surface area contributed by atoms with Crippen LogP contribution in [0.1, 0.15) is 12.8 Å². The third kappa shape index (κ3) is 3.76. The lowest BCUT2D eigenvalue weighted by Crippen LogP contribution is -2.41. The molecule has 1 aromatic rings. The van der Waals surface area contributed by atoms with E-state index >= 15 is 0 Å². The van der Waals surface area contributed by atoms with E-state index in [-0.39, 0.29) is 18.1 Å². The number of rotatable bonds is 6. The van der Waals surface area contributed by atoms with E-state index in [0.717, 1.165) is 25.4 Å². The first-order valence-corrected chi connectivity index (χ1v) is 7.70. The summed E-state index contributed by atoms with van der Waals surface area (Å²) in [5.74, 6) is 0.848. The van der Waals surface area contributed by atoms with E-state index in [2.05, 4.69) is 0 Å². The molecule has 120 valence electrons. The molecule has 1 amide bonds. The summed E-state index contributed by atoms with van der Waals surface area (Å²) in [5, 5.41) is 1.72. The summed E-state index contributed by atoms with van der Waals surface area (Å²) in [6.07, 6.45) is 1.41. The van der Waals surface area contributed by atoms with Crippen molar-refractivity contribution in [3.05, 3.63) is 30.3 Å². The molecule has 2 aliphatic heterocycles. The zero-order valence-electron chi connectivity index (χ0n) is 12.5. The van der Waals surface area contributed by atoms with Crippen LogP contribution in [0.15, 0.2) is 30.3 Å². The Hall–Kier alpha value is -1.63. The van der Waals surface area contributed by atoms with Crippen molar-refractivity contribution in [2.24, 2.45) is 11.7 Å². The monoisotopic (exact) mass is 306 g/mol. The number of carbonyl (C=O) groups excluding carboxylic acids is 1. The molecule has 0 saturated carbocycles. The average molecular weight is 306 g/mol. The highest BCUT2D eigenvalue weighted by Gasteiger charge is 2.39. The fraction of sp³-hybridized carbons (Fsp3) is 0.562. The van der Waals surface area contributed by atoms with Crippen molar-refractivity contribution in [3.8, 4) is 5.75 Å². The van der Waals surface area contributed by atoms with Crippen LogP contribution in [0.4, 0.5) is 0 Å². The highest BCUT2D eigenvalue weighted by atomic mass is 16.7. The summed E-state index contributed by atoms with van der Waals surface area (Å²) in [7, 11) is 0. The fourth-order valence-corrected chi connectivity index (χ4v) is 2.89. The number of primary amides is 1. The van der Waals surface area contributed by atoms with Crippen LogP contribution in [0.2, 0.25) is 0 Å². The van der Waals surface area contributed by atoms with E-state index in [1.54, 1.807) is 5.06 Å². The molecule has 2 heterocycles. The minimum Gasteiger partial charge on any atom is -0.491 e. The molecular weight excluding hydrogens is 284 g/mol. The number of nitrogens with two attached hydrogens (primary N) is 1. The first-order valence-electron chi connectivity index (χ1n) is 7.70. The van der Waals surface area contributed by atoms with Crippen LogP contribution in [0.25, 0.3) is 0 Å². The number of carbonyl (C=O) groups is 1. The predicted molar refractivity (Wildman–Crippen MR) is 80.0 cm³/mol. The van der Waals surface area contributed by atoms with Crippen molar-refractivity contribution in [2.75, 3.05) is 26.4 Å². The summed E-state index contributed by atoms with van der Waals surface area (Å²) < 4.78 is 11.1. The maximum absolute atomic E-state index is 11.6. The minimum absolute atomic E-state index is 0.153. The molecule has 3 rings (SSSR count). The van der Waals surface area contributed by atoms with Crippen molar-refractivity contribution >= 4 is 5.91 Å². The molecule has 2 saturated heterocycles. The minimum atomic E-state index is -0.384. The molecule has 0 aromatic heterocycles. The number of nitrogens with zero attached hydrogens (tertiary/aromatic N) is 1. The molecule has 2 N–H and O–H groups in total. The largest absolute Gasteiger partial charge is 0.491 e. The van der Waals surface area contributed by atoms with Crippen LogP contribution >= 0.6 is 0 Å². The van der Waals surface area contributed by atoms with Crippen LogP contribution in [0.3, 0.4) is 0 Å².